The topological polar surface area (TPSA) is 38.8 Å². The highest BCUT2D eigenvalue weighted by molar-refractivity contribution is 5.67. The van der Waals surface area contributed by atoms with Crippen LogP contribution in [0.5, 0.6) is 0 Å². The predicted molar refractivity (Wildman–Crippen MR) is 68.4 cm³/mol. The highest BCUT2D eigenvalue weighted by Crippen LogP contribution is 2.25. The molecule has 1 heterocycles. The third-order valence-corrected chi connectivity index (χ3v) is 3.14. The average Bonchev–Trinajstić information content (AvgIpc) is 2.38. The highest BCUT2D eigenvalue weighted by atomic mass is 16.5. The number of carbonyl (C=O) groups excluding carboxylic acids is 1. The summed E-state index contributed by atoms with van der Waals surface area (Å²) >= 11 is 0. The Hall–Kier alpha value is -1.55. The number of aryl methyl sites for hydroxylation is 1. The van der Waals surface area contributed by atoms with Gasteiger partial charge in [-0.1, -0.05) is 29.8 Å². The van der Waals surface area contributed by atoms with Crippen LogP contribution >= 0.6 is 0 Å². The lowest BCUT2D eigenvalue weighted by molar-refractivity contribution is -0.0725. The molecule has 1 amide bonds. The van der Waals surface area contributed by atoms with Gasteiger partial charge in [0.1, 0.15) is 6.10 Å². The first-order valence-electron chi connectivity index (χ1n) is 6.15. The van der Waals surface area contributed by atoms with Gasteiger partial charge in [-0.3, -0.25) is 0 Å². The van der Waals surface area contributed by atoms with Crippen LogP contribution in [0.2, 0.25) is 0 Å². The zero-order valence-corrected chi connectivity index (χ0v) is 11.1. The van der Waals surface area contributed by atoms with Crippen molar-refractivity contribution in [2.45, 2.75) is 26.1 Å². The molecule has 0 spiro atoms. The molecule has 1 aromatic rings. The zero-order chi connectivity index (χ0) is 13.1. The fourth-order valence-corrected chi connectivity index (χ4v) is 2.19. The minimum Gasteiger partial charge on any atom is -0.453 e. The summed E-state index contributed by atoms with van der Waals surface area (Å²) in [5.41, 5.74) is 2.31. The molecule has 0 radical (unpaired) electrons. The van der Waals surface area contributed by atoms with Gasteiger partial charge < -0.3 is 14.4 Å². The molecule has 0 aliphatic carbocycles. The monoisotopic (exact) mass is 249 g/mol. The number of hydrogen-bond donors (Lipinski definition) is 0. The van der Waals surface area contributed by atoms with E-state index in [1.54, 1.807) is 4.90 Å². The van der Waals surface area contributed by atoms with E-state index < -0.39 is 0 Å². The molecule has 1 aromatic carbocycles. The molecule has 98 valence electrons. The molecule has 1 aliphatic rings. The number of rotatable bonds is 1. The lowest BCUT2D eigenvalue weighted by atomic mass is 10.1. The number of nitrogens with zero attached hydrogens (tertiary/aromatic N) is 1. The molecule has 4 nitrogen and oxygen atoms in total. The molecular formula is C14H19NO3. The predicted octanol–water partition coefficient (Wildman–Crippen LogP) is 2.52. The number of carbonyl (C=O) groups is 1. The van der Waals surface area contributed by atoms with Gasteiger partial charge in [-0.05, 0) is 19.4 Å². The summed E-state index contributed by atoms with van der Waals surface area (Å²) in [4.78, 5) is 13.3. The Morgan fingerprint density at radius 3 is 2.61 bits per heavy atom. The van der Waals surface area contributed by atoms with Crippen molar-refractivity contribution in [3.63, 3.8) is 0 Å². The van der Waals surface area contributed by atoms with Crippen LogP contribution in [-0.2, 0) is 9.47 Å². The van der Waals surface area contributed by atoms with Gasteiger partial charge in [-0.25, -0.2) is 4.79 Å². The van der Waals surface area contributed by atoms with Crippen molar-refractivity contribution in [1.29, 1.82) is 0 Å². The van der Waals surface area contributed by atoms with E-state index in [1.807, 2.05) is 19.1 Å². The van der Waals surface area contributed by atoms with Gasteiger partial charge in [0.2, 0.25) is 0 Å². The first-order chi connectivity index (χ1) is 8.60. The zero-order valence-electron chi connectivity index (χ0n) is 11.1. The van der Waals surface area contributed by atoms with E-state index >= 15 is 0 Å². The molecule has 0 aromatic heterocycles. The fraction of sp³-hybridized carbons (Fsp3) is 0.500. The van der Waals surface area contributed by atoms with Gasteiger partial charge in [0, 0.05) is 0 Å². The van der Waals surface area contributed by atoms with Crippen molar-refractivity contribution in [1.82, 2.24) is 4.90 Å². The normalized spacial score (nSPS) is 23.8. The first-order valence-corrected chi connectivity index (χ1v) is 6.15. The molecule has 2 atom stereocenters. The van der Waals surface area contributed by atoms with Crippen molar-refractivity contribution in [2.24, 2.45) is 0 Å². The summed E-state index contributed by atoms with van der Waals surface area (Å²) in [6.45, 7) is 5.14. The maximum atomic E-state index is 11.6. The highest BCUT2D eigenvalue weighted by Gasteiger charge is 2.29. The van der Waals surface area contributed by atoms with Crippen LogP contribution in [0.1, 0.15) is 24.2 Å². The summed E-state index contributed by atoms with van der Waals surface area (Å²) in [6, 6.07) is 8.21. The van der Waals surface area contributed by atoms with Crippen molar-refractivity contribution < 1.29 is 14.3 Å². The molecule has 0 N–H and O–H groups in total. The first kappa shape index (κ1) is 12.9. The third kappa shape index (κ3) is 2.82. The SMILES string of the molecule is COC(=O)N1CC(C)OC(c2ccc(C)cc2)C1. The van der Waals surface area contributed by atoms with E-state index in [-0.39, 0.29) is 18.3 Å². The van der Waals surface area contributed by atoms with Crippen LogP contribution in [-0.4, -0.2) is 37.3 Å². The van der Waals surface area contributed by atoms with E-state index in [2.05, 4.69) is 19.1 Å². The molecule has 2 rings (SSSR count). The van der Waals surface area contributed by atoms with E-state index in [0.29, 0.717) is 13.1 Å². The van der Waals surface area contributed by atoms with Crippen LogP contribution in [0, 0.1) is 6.92 Å². The van der Waals surface area contributed by atoms with Gasteiger partial charge in [0.05, 0.1) is 26.3 Å². The second kappa shape index (κ2) is 5.40. The van der Waals surface area contributed by atoms with Crippen molar-refractivity contribution in [3.8, 4) is 0 Å². The van der Waals surface area contributed by atoms with Crippen molar-refractivity contribution in [2.75, 3.05) is 20.2 Å². The Kier molecular flexibility index (Phi) is 3.87. The second-order valence-corrected chi connectivity index (χ2v) is 4.72. The molecule has 1 fully saturated rings. The third-order valence-electron chi connectivity index (χ3n) is 3.14. The Morgan fingerprint density at radius 2 is 2.00 bits per heavy atom. The molecule has 0 bridgehead atoms. The Bertz CT molecular complexity index is 416. The average molecular weight is 249 g/mol. The van der Waals surface area contributed by atoms with Crippen LogP contribution < -0.4 is 0 Å². The van der Waals surface area contributed by atoms with Crippen LogP contribution in [0.25, 0.3) is 0 Å². The molecular weight excluding hydrogens is 230 g/mol. The van der Waals surface area contributed by atoms with Gasteiger partial charge in [0.15, 0.2) is 0 Å². The summed E-state index contributed by atoms with van der Waals surface area (Å²) in [5.74, 6) is 0. The standard InChI is InChI=1S/C14H19NO3/c1-10-4-6-12(7-5-10)13-9-15(14(16)17-3)8-11(2)18-13/h4-7,11,13H,8-9H2,1-3H3. The van der Waals surface area contributed by atoms with Gasteiger partial charge >= 0.3 is 6.09 Å². The number of benzene rings is 1. The van der Waals surface area contributed by atoms with E-state index in [4.69, 9.17) is 9.47 Å². The minimum atomic E-state index is -0.290. The lowest BCUT2D eigenvalue weighted by Gasteiger charge is -2.36. The smallest absolute Gasteiger partial charge is 0.409 e. The fourth-order valence-electron chi connectivity index (χ4n) is 2.19. The minimum absolute atomic E-state index is 0.0177. The number of hydrogen-bond acceptors (Lipinski definition) is 3. The quantitative estimate of drug-likeness (QED) is 0.767. The van der Waals surface area contributed by atoms with Crippen molar-refractivity contribution in [3.05, 3.63) is 35.4 Å². The molecule has 4 heteroatoms. The molecule has 18 heavy (non-hydrogen) atoms. The van der Waals surface area contributed by atoms with Gasteiger partial charge in [-0.15, -0.1) is 0 Å². The molecule has 1 aliphatic heterocycles. The Morgan fingerprint density at radius 1 is 1.33 bits per heavy atom. The largest absolute Gasteiger partial charge is 0.453 e. The number of ether oxygens (including phenoxy) is 2. The molecule has 1 saturated heterocycles. The lowest BCUT2D eigenvalue weighted by Crippen LogP contribution is -2.45. The van der Waals surface area contributed by atoms with Crippen LogP contribution in [0.4, 0.5) is 4.79 Å². The van der Waals surface area contributed by atoms with E-state index in [1.165, 1.54) is 12.7 Å². The maximum Gasteiger partial charge on any atom is 0.409 e. The Labute approximate surface area is 107 Å². The van der Waals surface area contributed by atoms with E-state index in [0.717, 1.165) is 5.56 Å². The summed E-state index contributed by atoms with van der Waals surface area (Å²) in [6.07, 6.45) is -0.347. The van der Waals surface area contributed by atoms with Crippen LogP contribution in [0.3, 0.4) is 0 Å². The maximum absolute atomic E-state index is 11.6. The number of methoxy groups -OCH3 is 1. The van der Waals surface area contributed by atoms with Crippen molar-refractivity contribution >= 4 is 6.09 Å². The van der Waals surface area contributed by atoms with Crippen LogP contribution in [0.15, 0.2) is 24.3 Å². The number of amides is 1. The number of morpholine rings is 1. The summed E-state index contributed by atoms with van der Waals surface area (Å²) < 4.78 is 10.7. The summed E-state index contributed by atoms with van der Waals surface area (Å²) in [5, 5.41) is 0. The second-order valence-electron chi connectivity index (χ2n) is 4.72. The molecule has 0 saturated carbocycles. The molecule has 2 unspecified atom stereocenters. The summed E-state index contributed by atoms with van der Waals surface area (Å²) in [7, 11) is 1.41. The van der Waals surface area contributed by atoms with Gasteiger partial charge in [-0.2, -0.15) is 0 Å². The Balaban J connectivity index is 2.13. The van der Waals surface area contributed by atoms with E-state index in [9.17, 15) is 4.79 Å². The van der Waals surface area contributed by atoms with Gasteiger partial charge in [0.25, 0.3) is 0 Å².